The number of carbonyl (C=O) groups is 1. The molecular weight excluding hydrogens is 162 g/mol. The molecule has 1 aromatic rings. The third-order valence-electron chi connectivity index (χ3n) is 2.63. The standard InChI is InChI=1S/C11H13NO/c1-7-3-2-4-8(5-7)9-6-10(9)11(12)13/h2-5,9-10H,6H2,1H3,(H2,12,13). The third-order valence-corrected chi connectivity index (χ3v) is 2.63. The van der Waals surface area contributed by atoms with E-state index in [1.165, 1.54) is 11.1 Å². The van der Waals surface area contributed by atoms with E-state index in [9.17, 15) is 4.79 Å². The van der Waals surface area contributed by atoms with Gasteiger partial charge in [0.1, 0.15) is 0 Å². The van der Waals surface area contributed by atoms with Crippen molar-refractivity contribution < 1.29 is 4.79 Å². The van der Waals surface area contributed by atoms with Crippen molar-refractivity contribution in [2.45, 2.75) is 19.3 Å². The highest BCUT2D eigenvalue weighted by Gasteiger charge is 2.42. The normalized spacial score (nSPS) is 25.6. The summed E-state index contributed by atoms with van der Waals surface area (Å²) in [6.45, 7) is 2.06. The number of nitrogens with two attached hydrogens (primary N) is 1. The zero-order valence-electron chi connectivity index (χ0n) is 7.66. The second-order valence-electron chi connectivity index (χ2n) is 3.77. The topological polar surface area (TPSA) is 43.1 Å². The summed E-state index contributed by atoms with van der Waals surface area (Å²) in [6, 6.07) is 8.29. The first-order valence-corrected chi connectivity index (χ1v) is 4.54. The number of hydrogen-bond donors (Lipinski definition) is 1. The molecule has 1 aromatic carbocycles. The largest absolute Gasteiger partial charge is 0.369 e. The number of aryl methyl sites for hydroxylation is 1. The molecule has 2 nitrogen and oxygen atoms in total. The molecule has 0 spiro atoms. The quantitative estimate of drug-likeness (QED) is 0.728. The highest BCUT2D eigenvalue weighted by Crippen LogP contribution is 2.47. The maximum atomic E-state index is 10.9. The van der Waals surface area contributed by atoms with Gasteiger partial charge in [-0.1, -0.05) is 29.8 Å². The molecule has 2 heteroatoms. The molecule has 2 rings (SSSR count). The smallest absolute Gasteiger partial charge is 0.221 e. The molecule has 2 unspecified atom stereocenters. The second kappa shape index (κ2) is 2.87. The molecule has 0 bridgehead atoms. The highest BCUT2D eigenvalue weighted by molar-refractivity contribution is 5.81. The van der Waals surface area contributed by atoms with Crippen LogP contribution in [0.1, 0.15) is 23.5 Å². The minimum Gasteiger partial charge on any atom is -0.369 e. The van der Waals surface area contributed by atoms with Gasteiger partial charge < -0.3 is 5.73 Å². The fraction of sp³-hybridized carbons (Fsp3) is 0.364. The van der Waals surface area contributed by atoms with Crippen molar-refractivity contribution in [3.63, 3.8) is 0 Å². The predicted molar refractivity (Wildman–Crippen MR) is 51.2 cm³/mol. The van der Waals surface area contributed by atoms with Gasteiger partial charge in [0.2, 0.25) is 5.91 Å². The van der Waals surface area contributed by atoms with Crippen LogP contribution in [0.2, 0.25) is 0 Å². The van der Waals surface area contributed by atoms with E-state index in [4.69, 9.17) is 5.73 Å². The van der Waals surface area contributed by atoms with E-state index in [1.807, 2.05) is 6.07 Å². The molecule has 0 aromatic heterocycles. The fourth-order valence-corrected chi connectivity index (χ4v) is 1.78. The number of hydrogen-bond acceptors (Lipinski definition) is 1. The Balaban J connectivity index is 2.16. The Bertz CT molecular complexity index is 346. The van der Waals surface area contributed by atoms with Crippen molar-refractivity contribution in [2.75, 3.05) is 0 Å². The lowest BCUT2D eigenvalue weighted by Crippen LogP contribution is -2.13. The molecule has 0 saturated heterocycles. The Hall–Kier alpha value is -1.31. The van der Waals surface area contributed by atoms with E-state index in [0.29, 0.717) is 5.92 Å². The lowest BCUT2D eigenvalue weighted by molar-refractivity contribution is -0.119. The van der Waals surface area contributed by atoms with Crippen LogP contribution in [0.3, 0.4) is 0 Å². The molecule has 0 heterocycles. The molecule has 1 fully saturated rings. The Morgan fingerprint density at radius 3 is 2.85 bits per heavy atom. The van der Waals surface area contributed by atoms with Gasteiger partial charge in [-0.3, -0.25) is 4.79 Å². The van der Waals surface area contributed by atoms with Crippen LogP contribution >= 0.6 is 0 Å². The van der Waals surface area contributed by atoms with E-state index < -0.39 is 0 Å². The van der Waals surface area contributed by atoms with Gasteiger partial charge in [0.25, 0.3) is 0 Å². The van der Waals surface area contributed by atoms with Crippen molar-refractivity contribution in [2.24, 2.45) is 11.7 Å². The van der Waals surface area contributed by atoms with Crippen LogP contribution in [0.4, 0.5) is 0 Å². The van der Waals surface area contributed by atoms with Gasteiger partial charge >= 0.3 is 0 Å². The van der Waals surface area contributed by atoms with E-state index in [1.54, 1.807) is 0 Å². The van der Waals surface area contributed by atoms with Crippen LogP contribution in [0.25, 0.3) is 0 Å². The minimum atomic E-state index is -0.161. The maximum Gasteiger partial charge on any atom is 0.221 e. The van der Waals surface area contributed by atoms with Gasteiger partial charge in [0.05, 0.1) is 0 Å². The lowest BCUT2D eigenvalue weighted by atomic mass is 10.1. The number of benzene rings is 1. The van der Waals surface area contributed by atoms with E-state index in [-0.39, 0.29) is 11.8 Å². The van der Waals surface area contributed by atoms with Crippen molar-refractivity contribution >= 4 is 5.91 Å². The summed E-state index contributed by atoms with van der Waals surface area (Å²) in [6.07, 6.45) is 0.929. The monoisotopic (exact) mass is 175 g/mol. The van der Waals surface area contributed by atoms with Crippen LogP contribution in [0, 0.1) is 12.8 Å². The third kappa shape index (κ3) is 1.57. The average Bonchev–Trinajstić information content (AvgIpc) is 2.82. The van der Waals surface area contributed by atoms with Crippen LogP contribution in [0.5, 0.6) is 0 Å². The molecule has 2 N–H and O–H groups in total. The maximum absolute atomic E-state index is 10.9. The summed E-state index contributed by atoms with van der Waals surface area (Å²) in [4.78, 5) is 10.9. The first kappa shape index (κ1) is 8.30. The van der Waals surface area contributed by atoms with Gasteiger partial charge in [0.15, 0.2) is 0 Å². The first-order chi connectivity index (χ1) is 6.18. The zero-order valence-corrected chi connectivity index (χ0v) is 7.66. The number of amides is 1. The van der Waals surface area contributed by atoms with E-state index in [2.05, 4.69) is 25.1 Å². The Labute approximate surface area is 77.8 Å². The number of rotatable bonds is 2. The van der Waals surface area contributed by atoms with Crippen LogP contribution in [-0.4, -0.2) is 5.91 Å². The highest BCUT2D eigenvalue weighted by atomic mass is 16.1. The fourth-order valence-electron chi connectivity index (χ4n) is 1.78. The molecule has 1 amide bonds. The summed E-state index contributed by atoms with van der Waals surface area (Å²) in [5.41, 5.74) is 7.72. The van der Waals surface area contributed by atoms with Crippen LogP contribution < -0.4 is 5.73 Å². The molecule has 0 radical (unpaired) electrons. The minimum absolute atomic E-state index is 0.0850. The summed E-state index contributed by atoms with van der Waals surface area (Å²) < 4.78 is 0. The summed E-state index contributed by atoms with van der Waals surface area (Å²) in [7, 11) is 0. The van der Waals surface area contributed by atoms with Gasteiger partial charge in [0, 0.05) is 5.92 Å². The predicted octanol–water partition coefficient (Wildman–Crippen LogP) is 1.58. The zero-order chi connectivity index (χ0) is 9.42. The first-order valence-electron chi connectivity index (χ1n) is 4.54. The molecule has 68 valence electrons. The van der Waals surface area contributed by atoms with E-state index in [0.717, 1.165) is 6.42 Å². The van der Waals surface area contributed by atoms with Gasteiger partial charge in [-0.05, 0) is 24.8 Å². The van der Waals surface area contributed by atoms with Gasteiger partial charge in [-0.15, -0.1) is 0 Å². The summed E-state index contributed by atoms with van der Waals surface area (Å²) >= 11 is 0. The Morgan fingerprint density at radius 2 is 2.31 bits per heavy atom. The van der Waals surface area contributed by atoms with Gasteiger partial charge in [-0.2, -0.15) is 0 Å². The summed E-state index contributed by atoms with van der Waals surface area (Å²) in [5.74, 6) is 0.311. The van der Waals surface area contributed by atoms with Crippen molar-refractivity contribution in [3.05, 3.63) is 35.4 Å². The Morgan fingerprint density at radius 1 is 1.54 bits per heavy atom. The van der Waals surface area contributed by atoms with Gasteiger partial charge in [-0.25, -0.2) is 0 Å². The van der Waals surface area contributed by atoms with Crippen LogP contribution in [0.15, 0.2) is 24.3 Å². The molecule has 1 aliphatic carbocycles. The molecular formula is C11H13NO. The SMILES string of the molecule is Cc1cccc(C2CC2C(N)=O)c1. The van der Waals surface area contributed by atoms with Crippen LogP contribution in [-0.2, 0) is 4.79 Å². The number of carbonyl (C=O) groups excluding carboxylic acids is 1. The number of primary amides is 1. The Kier molecular flexibility index (Phi) is 1.83. The summed E-state index contributed by atoms with van der Waals surface area (Å²) in [5, 5.41) is 0. The molecule has 0 aliphatic heterocycles. The average molecular weight is 175 g/mol. The van der Waals surface area contributed by atoms with E-state index >= 15 is 0 Å². The van der Waals surface area contributed by atoms with Crippen molar-refractivity contribution in [3.8, 4) is 0 Å². The lowest BCUT2D eigenvalue weighted by Gasteiger charge is -1.99. The molecule has 13 heavy (non-hydrogen) atoms. The second-order valence-corrected chi connectivity index (χ2v) is 3.77. The van der Waals surface area contributed by atoms with Crippen molar-refractivity contribution in [1.29, 1.82) is 0 Å². The molecule has 2 atom stereocenters. The molecule has 1 saturated carbocycles. The van der Waals surface area contributed by atoms with Crippen molar-refractivity contribution in [1.82, 2.24) is 0 Å². The molecule has 1 aliphatic rings.